The molecule has 0 saturated heterocycles. The Bertz CT molecular complexity index is 790. The maximum atomic E-state index is 12.6. The topological polar surface area (TPSA) is 60.2 Å². The molecule has 0 spiro atoms. The second-order valence-electron chi connectivity index (χ2n) is 5.02. The van der Waals surface area contributed by atoms with Crippen LogP contribution in [0.2, 0.25) is 5.02 Å². The lowest BCUT2D eigenvalue weighted by Crippen LogP contribution is -2.15. The molecule has 0 amide bonds. The standard InChI is InChI=1S/C15H14ClNO2S2/c16-13-6-5-11(17)7-15(13)21(18,19)9-10-8-20-14-4-2-1-3-12(10)14/h1-7,10H,8-9,17H2. The molecule has 6 heteroatoms. The zero-order valence-electron chi connectivity index (χ0n) is 11.1. The highest BCUT2D eigenvalue weighted by Crippen LogP contribution is 2.41. The van der Waals surface area contributed by atoms with Crippen LogP contribution in [0.15, 0.2) is 52.3 Å². The number of nitrogen functional groups attached to an aromatic ring is 1. The van der Waals surface area contributed by atoms with E-state index in [1.54, 1.807) is 17.8 Å². The van der Waals surface area contributed by atoms with Crippen molar-refractivity contribution in [3.63, 3.8) is 0 Å². The van der Waals surface area contributed by atoms with Gasteiger partial charge >= 0.3 is 0 Å². The number of nitrogens with two attached hydrogens (primary N) is 1. The molecule has 2 aromatic carbocycles. The van der Waals surface area contributed by atoms with E-state index in [1.165, 1.54) is 12.1 Å². The van der Waals surface area contributed by atoms with Crippen LogP contribution in [0.5, 0.6) is 0 Å². The first kappa shape index (κ1) is 14.8. The van der Waals surface area contributed by atoms with Gasteiger partial charge in [0.2, 0.25) is 0 Å². The highest BCUT2D eigenvalue weighted by atomic mass is 35.5. The lowest BCUT2D eigenvalue weighted by Gasteiger charge is -2.13. The maximum absolute atomic E-state index is 12.6. The third kappa shape index (κ3) is 2.91. The number of halogens is 1. The van der Waals surface area contributed by atoms with Crippen LogP contribution >= 0.6 is 23.4 Å². The summed E-state index contributed by atoms with van der Waals surface area (Å²) < 4.78 is 25.2. The Morgan fingerprint density at radius 2 is 2.00 bits per heavy atom. The van der Waals surface area contributed by atoms with Crippen molar-refractivity contribution in [2.75, 3.05) is 17.2 Å². The number of thioether (sulfide) groups is 1. The van der Waals surface area contributed by atoms with Gasteiger partial charge < -0.3 is 5.73 Å². The van der Waals surface area contributed by atoms with Crippen molar-refractivity contribution in [3.8, 4) is 0 Å². The molecule has 0 bridgehead atoms. The van der Waals surface area contributed by atoms with Gasteiger partial charge in [-0.3, -0.25) is 0 Å². The Morgan fingerprint density at radius 1 is 1.24 bits per heavy atom. The molecule has 1 aliphatic heterocycles. The van der Waals surface area contributed by atoms with Crippen molar-refractivity contribution in [1.82, 2.24) is 0 Å². The van der Waals surface area contributed by atoms with Gasteiger partial charge in [0, 0.05) is 22.3 Å². The third-order valence-corrected chi connectivity index (χ3v) is 7.05. The Labute approximate surface area is 133 Å². The zero-order chi connectivity index (χ0) is 15.0. The second-order valence-corrected chi connectivity index (χ2v) is 8.49. The second kappa shape index (κ2) is 5.55. The Balaban J connectivity index is 1.93. The monoisotopic (exact) mass is 339 g/mol. The summed E-state index contributed by atoms with van der Waals surface area (Å²) in [7, 11) is -3.46. The smallest absolute Gasteiger partial charge is 0.180 e. The van der Waals surface area contributed by atoms with E-state index in [1.807, 2.05) is 24.3 Å². The van der Waals surface area contributed by atoms with E-state index < -0.39 is 9.84 Å². The fourth-order valence-corrected chi connectivity index (χ4v) is 6.04. The summed E-state index contributed by atoms with van der Waals surface area (Å²) >= 11 is 7.72. The summed E-state index contributed by atoms with van der Waals surface area (Å²) in [6, 6.07) is 12.5. The molecule has 21 heavy (non-hydrogen) atoms. The molecule has 3 nitrogen and oxygen atoms in total. The van der Waals surface area contributed by atoms with Gasteiger partial charge in [-0.15, -0.1) is 11.8 Å². The van der Waals surface area contributed by atoms with Crippen molar-refractivity contribution in [3.05, 3.63) is 53.1 Å². The van der Waals surface area contributed by atoms with Crippen LogP contribution in [-0.4, -0.2) is 19.9 Å². The minimum absolute atomic E-state index is 0.00584. The van der Waals surface area contributed by atoms with E-state index in [9.17, 15) is 8.42 Å². The molecule has 0 saturated carbocycles. The van der Waals surface area contributed by atoms with Crippen molar-refractivity contribution < 1.29 is 8.42 Å². The van der Waals surface area contributed by atoms with Gasteiger partial charge in [-0.2, -0.15) is 0 Å². The number of benzene rings is 2. The van der Waals surface area contributed by atoms with Crippen molar-refractivity contribution in [1.29, 1.82) is 0 Å². The maximum Gasteiger partial charge on any atom is 0.180 e. The quantitative estimate of drug-likeness (QED) is 0.868. The zero-order valence-corrected chi connectivity index (χ0v) is 13.5. The van der Waals surface area contributed by atoms with E-state index >= 15 is 0 Å². The molecule has 110 valence electrons. The Hall–Kier alpha value is -1.17. The molecule has 2 N–H and O–H groups in total. The summed E-state index contributed by atoms with van der Waals surface area (Å²) in [5.74, 6) is 0.826. The summed E-state index contributed by atoms with van der Waals surface area (Å²) in [5.41, 5.74) is 7.19. The number of hydrogen-bond acceptors (Lipinski definition) is 4. The average Bonchev–Trinajstić information content (AvgIpc) is 2.84. The Morgan fingerprint density at radius 3 is 2.81 bits per heavy atom. The van der Waals surface area contributed by atoms with Crippen LogP contribution in [-0.2, 0) is 9.84 Å². The fraction of sp³-hybridized carbons (Fsp3) is 0.200. The molecule has 0 aromatic heterocycles. The molecule has 0 aliphatic carbocycles. The molecule has 1 aliphatic rings. The number of hydrogen-bond donors (Lipinski definition) is 1. The van der Waals surface area contributed by atoms with E-state index in [-0.39, 0.29) is 21.6 Å². The van der Waals surface area contributed by atoms with Crippen LogP contribution in [0.1, 0.15) is 11.5 Å². The van der Waals surface area contributed by atoms with Crippen LogP contribution in [0.25, 0.3) is 0 Å². The molecule has 3 rings (SSSR count). The first-order chi connectivity index (χ1) is 9.97. The predicted octanol–water partition coefficient (Wildman–Crippen LogP) is 3.59. The molecular weight excluding hydrogens is 326 g/mol. The van der Waals surface area contributed by atoms with Gasteiger partial charge in [0.25, 0.3) is 0 Å². The molecule has 1 unspecified atom stereocenters. The van der Waals surface area contributed by atoms with Crippen molar-refractivity contribution >= 4 is 38.9 Å². The normalized spacial score (nSPS) is 17.7. The third-order valence-electron chi connectivity index (χ3n) is 3.51. The highest BCUT2D eigenvalue weighted by Gasteiger charge is 2.29. The number of rotatable bonds is 3. The fourth-order valence-electron chi connectivity index (χ4n) is 2.48. The van der Waals surface area contributed by atoms with Crippen molar-refractivity contribution in [2.45, 2.75) is 15.7 Å². The summed E-state index contributed by atoms with van der Waals surface area (Å²) in [4.78, 5) is 1.29. The van der Waals surface area contributed by atoms with Gasteiger partial charge in [-0.05, 0) is 29.8 Å². The van der Waals surface area contributed by atoms with Crippen LogP contribution in [0.3, 0.4) is 0 Å². The molecule has 0 radical (unpaired) electrons. The minimum atomic E-state index is -3.46. The summed E-state index contributed by atoms with van der Waals surface area (Å²) in [6.07, 6.45) is 0. The Kier molecular flexibility index (Phi) is 3.90. The van der Waals surface area contributed by atoms with Gasteiger partial charge in [-0.1, -0.05) is 29.8 Å². The highest BCUT2D eigenvalue weighted by molar-refractivity contribution is 7.99. The van der Waals surface area contributed by atoms with Gasteiger partial charge in [0.1, 0.15) is 0 Å². The SMILES string of the molecule is Nc1ccc(Cl)c(S(=O)(=O)CC2CSc3ccccc32)c1. The van der Waals surface area contributed by atoms with E-state index in [2.05, 4.69) is 0 Å². The van der Waals surface area contributed by atoms with Crippen LogP contribution in [0, 0.1) is 0 Å². The van der Waals surface area contributed by atoms with Gasteiger partial charge in [0.05, 0.1) is 15.7 Å². The first-order valence-electron chi connectivity index (χ1n) is 6.47. The summed E-state index contributed by atoms with van der Waals surface area (Å²) in [5, 5.41) is 0.225. The van der Waals surface area contributed by atoms with Crippen molar-refractivity contribution in [2.24, 2.45) is 0 Å². The minimum Gasteiger partial charge on any atom is -0.399 e. The average molecular weight is 340 g/mol. The molecule has 2 aromatic rings. The number of anilines is 1. The largest absolute Gasteiger partial charge is 0.399 e. The number of sulfone groups is 1. The predicted molar refractivity (Wildman–Crippen MR) is 87.8 cm³/mol. The van der Waals surface area contributed by atoms with E-state index in [0.717, 1.165) is 16.2 Å². The number of fused-ring (bicyclic) bond motifs is 1. The van der Waals surface area contributed by atoms with E-state index in [4.69, 9.17) is 17.3 Å². The van der Waals surface area contributed by atoms with Gasteiger partial charge in [0.15, 0.2) is 9.84 Å². The lowest BCUT2D eigenvalue weighted by atomic mass is 10.0. The van der Waals surface area contributed by atoms with Crippen LogP contribution < -0.4 is 5.73 Å². The molecule has 1 heterocycles. The first-order valence-corrected chi connectivity index (χ1v) is 9.48. The lowest BCUT2D eigenvalue weighted by molar-refractivity contribution is 0.591. The molecule has 0 fully saturated rings. The molecular formula is C15H14ClNO2S2. The summed E-state index contributed by atoms with van der Waals surface area (Å²) in [6.45, 7) is 0. The van der Waals surface area contributed by atoms with Gasteiger partial charge in [-0.25, -0.2) is 8.42 Å². The van der Waals surface area contributed by atoms with E-state index in [0.29, 0.717) is 5.69 Å². The van der Waals surface area contributed by atoms with Crippen LogP contribution in [0.4, 0.5) is 5.69 Å². The molecule has 1 atom stereocenters.